The van der Waals surface area contributed by atoms with Crippen molar-refractivity contribution in [3.05, 3.63) is 64.2 Å². The zero-order chi connectivity index (χ0) is 22.1. The van der Waals surface area contributed by atoms with E-state index in [1.165, 1.54) is 55.7 Å². The molecule has 0 fully saturated rings. The molecule has 158 valence electrons. The number of carbonyl (C=O) groups is 2. The van der Waals surface area contributed by atoms with Gasteiger partial charge < -0.3 is 19.5 Å². The molecule has 0 saturated heterocycles. The van der Waals surface area contributed by atoms with Gasteiger partial charge >= 0.3 is 12.6 Å². The van der Waals surface area contributed by atoms with Gasteiger partial charge in [-0.2, -0.15) is 8.78 Å². The Hall–Kier alpha value is -4.02. The number of benzene rings is 2. The molecule has 1 N–H and O–H groups in total. The Morgan fingerprint density at radius 1 is 1.17 bits per heavy atom. The van der Waals surface area contributed by atoms with Gasteiger partial charge in [0.15, 0.2) is 18.1 Å². The van der Waals surface area contributed by atoms with Crippen molar-refractivity contribution in [1.82, 2.24) is 0 Å². The molecule has 0 aliphatic heterocycles. The smallest absolute Gasteiger partial charge is 0.387 e. The molecule has 0 heterocycles. The number of carbonyl (C=O) groups excluding carboxylic acids is 2. The summed E-state index contributed by atoms with van der Waals surface area (Å²) in [5.74, 6) is -1.56. The highest BCUT2D eigenvalue weighted by Crippen LogP contribution is 2.29. The second-order valence-electron chi connectivity index (χ2n) is 5.58. The van der Waals surface area contributed by atoms with Crippen molar-refractivity contribution in [2.75, 3.05) is 19.0 Å². The molecule has 2 aromatic rings. The number of methoxy groups -OCH3 is 1. The largest absolute Gasteiger partial charge is 0.493 e. The van der Waals surface area contributed by atoms with Crippen molar-refractivity contribution in [1.29, 1.82) is 0 Å². The maximum atomic E-state index is 12.3. The number of non-ortho nitro benzene ring substituents is 1. The number of hydrogen-bond acceptors (Lipinski definition) is 7. The van der Waals surface area contributed by atoms with Crippen LogP contribution < -0.4 is 14.8 Å². The molecule has 0 aromatic heterocycles. The lowest BCUT2D eigenvalue weighted by Crippen LogP contribution is -2.20. The van der Waals surface area contributed by atoms with E-state index in [0.717, 1.165) is 6.08 Å². The Morgan fingerprint density at radius 3 is 2.47 bits per heavy atom. The monoisotopic (exact) mass is 422 g/mol. The van der Waals surface area contributed by atoms with Gasteiger partial charge in [0.25, 0.3) is 11.6 Å². The first-order chi connectivity index (χ1) is 14.3. The van der Waals surface area contributed by atoms with Gasteiger partial charge in [-0.3, -0.25) is 14.9 Å². The van der Waals surface area contributed by atoms with E-state index in [-0.39, 0.29) is 17.2 Å². The Balaban J connectivity index is 1.87. The second kappa shape index (κ2) is 10.5. The number of hydrogen-bond donors (Lipinski definition) is 1. The highest BCUT2D eigenvalue weighted by Gasteiger charge is 2.11. The molecule has 0 saturated carbocycles. The minimum atomic E-state index is -3.01. The van der Waals surface area contributed by atoms with E-state index in [4.69, 9.17) is 9.47 Å². The van der Waals surface area contributed by atoms with Crippen molar-refractivity contribution in [3.63, 3.8) is 0 Å². The maximum absolute atomic E-state index is 12.3. The van der Waals surface area contributed by atoms with Crippen LogP contribution in [-0.4, -0.2) is 37.1 Å². The number of nitro benzene ring substituents is 1. The Bertz CT molecular complexity index is 946. The van der Waals surface area contributed by atoms with Gasteiger partial charge in [0.2, 0.25) is 0 Å². The van der Waals surface area contributed by atoms with Crippen LogP contribution in [0.3, 0.4) is 0 Å². The van der Waals surface area contributed by atoms with Gasteiger partial charge in [-0.25, -0.2) is 4.79 Å². The first kappa shape index (κ1) is 22.3. The lowest BCUT2D eigenvalue weighted by Gasteiger charge is -2.10. The predicted octanol–water partition coefficient (Wildman–Crippen LogP) is 3.40. The van der Waals surface area contributed by atoms with Crippen LogP contribution in [0.2, 0.25) is 0 Å². The zero-order valence-corrected chi connectivity index (χ0v) is 15.5. The Kier molecular flexibility index (Phi) is 7.80. The molecule has 30 heavy (non-hydrogen) atoms. The van der Waals surface area contributed by atoms with Crippen LogP contribution in [0.15, 0.2) is 48.5 Å². The van der Waals surface area contributed by atoms with E-state index in [1.54, 1.807) is 0 Å². The molecule has 0 bridgehead atoms. The third-order valence-corrected chi connectivity index (χ3v) is 3.52. The SMILES string of the molecule is COc1cc(/C=C/C(=O)OCC(=O)Nc2ccc([N+](=O)[O-])cc2)ccc1OC(F)F. The van der Waals surface area contributed by atoms with E-state index in [9.17, 15) is 28.5 Å². The van der Waals surface area contributed by atoms with Crippen molar-refractivity contribution < 1.29 is 37.5 Å². The summed E-state index contributed by atoms with van der Waals surface area (Å²) in [6, 6.07) is 9.17. The van der Waals surface area contributed by atoms with E-state index < -0.39 is 30.0 Å². The number of nitrogens with zero attached hydrogens (tertiary/aromatic N) is 1. The average Bonchev–Trinajstić information content (AvgIpc) is 2.71. The first-order valence-electron chi connectivity index (χ1n) is 8.30. The van der Waals surface area contributed by atoms with Crippen molar-refractivity contribution in [2.45, 2.75) is 6.61 Å². The lowest BCUT2D eigenvalue weighted by molar-refractivity contribution is -0.384. The summed E-state index contributed by atoms with van der Waals surface area (Å²) in [6.45, 7) is -3.59. The topological polar surface area (TPSA) is 117 Å². The highest BCUT2D eigenvalue weighted by atomic mass is 19.3. The number of esters is 1. The zero-order valence-electron chi connectivity index (χ0n) is 15.5. The minimum absolute atomic E-state index is 0.0493. The number of rotatable bonds is 9. The molecule has 0 unspecified atom stereocenters. The standard InChI is InChI=1S/C19H16F2N2O7/c1-28-16-10-12(2-8-15(16)30-19(20)21)3-9-18(25)29-11-17(24)22-13-4-6-14(7-5-13)23(26)27/h2-10,19H,11H2,1H3,(H,22,24)/b9-3+. The molecule has 2 aromatic carbocycles. The van der Waals surface area contributed by atoms with Gasteiger partial charge in [-0.15, -0.1) is 0 Å². The predicted molar refractivity (Wildman–Crippen MR) is 101 cm³/mol. The third-order valence-electron chi connectivity index (χ3n) is 3.52. The van der Waals surface area contributed by atoms with Gasteiger partial charge in [0.1, 0.15) is 0 Å². The fourth-order valence-electron chi connectivity index (χ4n) is 2.19. The molecular weight excluding hydrogens is 406 g/mol. The number of halogens is 2. The van der Waals surface area contributed by atoms with Crippen LogP contribution in [0.5, 0.6) is 11.5 Å². The summed E-state index contributed by atoms with van der Waals surface area (Å²) in [4.78, 5) is 33.5. The lowest BCUT2D eigenvalue weighted by atomic mass is 10.2. The molecule has 0 spiro atoms. The average molecular weight is 422 g/mol. The molecule has 0 atom stereocenters. The molecule has 2 rings (SSSR count). The summed E-state index contributed by atoms with van der Waals surface area (Å²) in [5, 5.41) is 13.0. The van der Waals surface area contributed by atoms with E-state index >= 15 is 0 Å². The normalized spacial score (nSPS) is 10.7. The number of nitro groups is 1. The number of alkyl halides is 2. The van der Waals surface area contributed by atoms with Gasteiger partial charge in [-0.1, -0.05) is 6.07 Å². The van der Waals surface area contributed by atoms with Crippen LogP contribution in [0.1, 0.15) is 5.56 Å². The van der Waals surface area contributed by atoms with Gasteiger partial charge in [0, 0.05) is 23.9 Å². The third kappa shape index (κ3) is 6.86. The quantitative estimate of drug-likeness (QED) is 0.285. The van der Waals surface area contributed by atoms with Crippen LogP contribution in [0.25, 0.3) is 6.08 Å². The Labute approximate surface area is 169 Å². The summed E-state index contributed by atoms with van der Waals surface area (Å²) < 4.78 is 38.7. The van der Waals surface area contributed by atoms with Gasteiger partial charge in [0.05, 0.1) is 12.0 Å². The minimum Gasteiger partial charge on any atom is -0.493 e. The van der Waals surface area contributed by atoms with Crippen molar-refractivity contribution in [2.24, 2.45) is 0 Å². The molecule has 11 heteroatoms. The summed E-state index contributed by atoms with van der Waals surface area (Å²) in [7, 11) is 1.28. The number of nitrogens with one attached hydrogen (secondary N) is 1. The van der Waals surface area contributed by atoms with Gasteiger partial charge in [-0.05, 0) is 35.9 Å². The highest BCUT2D eigenvalue weighted by molar-refractivity contribution is 5.94. The summed E-state index contributed by atoms with van der Waals surface area (Å²) in [5.41, 5.74) is 0.617. The Morgan fingerprint density at radius 2 is 1.87 bits per heavy atom. The molecule has 1 amide bonds. The maximum Gasteiger partial charge on any atom is 0.387 e. The summed E-state index contributed by atoms with van der Waals surface area (Å²) in [6.07, 6.45) is 2.38. The van der Waals surface area contributed by atoms with Crippen molar-refractivity contribution >= 4 is 29.3 Å². The molecular formula is C19H16F2N2O7. The second-order valence-corrected chi connectivity index (χ2v) is 5.58. The van der Waals surface area contributed by atoms with Crippen LogP contribution in [0, 0.1) is 10.1 Å². The number of amides is 1. The summed E-state index contributed by atoms with van der Waals surface area (Å²) >= 11 is 0. The number of ether oxygens (including phenoxy) is 3. The molecule has 0 aliphatic rings. The van der Waals surface area contributed by atoms with Crippen LogP contribution >= 0.6 is 0 Å². The van der Waals surface area contributed by atoms with Crippen LogP contribution in [0.4, 0.5) is 20.2 Å². The fourth-order valence-corrected chi connectivity index (χ4v) is 2.19. The van der Waals surface area contributed by atoms with E-state index in [1.807, 2.05) is 0 Å². The first-order valence-corrected chi connectivity index (χ1v) is 8.30. The van der Waals surface area contributed by atoms with Crippen LogP contribution in [-0.2, 0) is 14.3 Å². The fraction of sp³-hybridized carbons (Fsp3) is 0.158. The molecule has 9 nitrogen and oxygen atoms in total. The van der Waals surface area contributed by atoms with Crippen molar-refractivity contribution in [3.8, 4) is 11.5 Å². The molecule has 0 radical (unpaired) electrons. The van der Waals surface area contributed by atoms with E-state index in [0.29, 0.717) is 11.3 Å². The number of anilines is 1. The molecule has 0 aliphatic carbocycles. The van der Waals surface area contributed by atoms with E-state index in [2.05, 4.69) is 10.1 Å².